The first-order valence-electron chi connectivity index (χ1n) is 7.48. The first-order valence-corrected chi connectivity index (χ1v) is 7.48. The zero-order valence-electron chi connectivity index (χ0n) is 14.1. The van der Waals surface area contributed by atoms with Crippen molar-refractivity contribution in [3.05, 3.63) is 23.8 Å². The Kier molecular flexibility index (Phi) is 6.12. The quantitative estimate of drug-likeness (QED) is 0.907. The number of rotatable bonds is 5. The molecule has 0 aliphatic carbocycles. The molecule has 2 amide bonds. The van der Waals surface area contributed by atoms with Gasteiger partial charge in [-0.25, -0.2) is 14.8 Å². The Bertz CT molecular complexity index is 466. The van der Waals surface area contributed by atoms with Gasteiger partial charge in [0.25, 0.3) is 0 Å². The number of aryl methyl sites for hydroxylation is 1. The van der Waals surface area contributed by atoms with E-state index in [1.165, 1.54) is 0 Å². The van der Waals surface area contributed by atoms with Crippen molar-refractivity contribution in [2.45, 2.75) is 48.1 Å². The van der Waals surface area contributed by atoms with Crippen LogP contribution in [0, 0.1) is 18.3 Å². The average molecular weight is 292 g/mol. The zero-order valence-corrected chi connectivity index (χ0v) is 14.1. The molecular formula is C16H28N4O. The maximum absolute atomic E-state index is 12.4. The first-order chi connectivity index (χ1) is 9.67. The molecule has 0 unspecified atom stereocenters. The Morgan fingerprint density at radius 2 is 2.05 bits per heavy atom. The fourth-order valence-electron chi connectivity index (χ4n) is 2.11. The number of carbonyl (C=O) groups is 1. The molecular weight excluding hydrogens is 264 g/mol. The predicted octanol–water partition coefficient (Wildman–Crippen LogP) is 3.00. The molecule has 21 heavy (non-hydrogen) atoms. The lowest BCUT2D eigenvalue weighted by molar-refractivity contribution is 0.164. The Morgan fingerprint density at radius 1 is 1.38 bits per heavy atom. The van der Waals surface area contributed by atoms with E-state index in [1.54, 1.807) is 6.20 Å². The van der Waals surface area contributed by atoms with Crippen molar-refractivity contribution >= 4 is 6.03 Å². The van der Waals surface area contributed by atoms with Crippen molar-refractivity contribution in [2.75, 3.05) is 13.1 Å². The molecule has 1 N–H and O–H groups in total. The van der Waals surface area contributed by atoms with Crippen LogP contribution in [0.2, 0.25) is 0 Å². The molecule has 1 aromatic heterocycles. The molecule has 1 aromatic rings. The summed E-state index contributed by atoms with van der Waals surface area (Å²) in [6, 6.07) is 1.79. The van der Waals surface area contributed by atoms with E-state index < -0.39 is 0 Å². The van der Waals surface area contributed by atoms with Crippen LogP contribution >= 0.6 is 0 Å². The van der Waals surface area contributed by atoms with Crippen LogP contribution in [0.1, 0.15) is 46.1 Å². The molecule has 0 spiro atoms. The van der Waals surface area contributed by atoms with E-state index in [9.17, 15) is 4.79 Å². The molecule has 1 heterocycles. The fourth-order valence-corrected chi connectivity index (χ4v) is 2.11. The lowest BCUT2D eigenvalue weighted by Gasteiger charge is -2.31. The van der Waals surface area contributed by atoms with Gasteiger partial charge in [0.2, 0.25) is 0 Å². The number of amides is 2. The number of aromatic nitrogens is 2. The lowest BCUT2D eigenvalue weighted by Crippen LogP contribution is -2.45. The van der Waals surface area contributed by atoms with Crippen molar-refractivity contribution in [1.29, 1.82) is 0 Å². The van der Waals surface area contributed by atoms with Crippen LogP contribution in [-0.2, 0) is 6.54 Å². The monoisotopic (exact) mass is 292 g/mol. The van der Waals surface area contributed by atoms with E-state index in [-0.39, 0.29) is 11.4 Å². The Hall–Kier alpha value is -1.65. The molecule has 0 saturated heterocycles. The van der Waals surface area contributed by atoms with E-state index in [0.717, 1.165) is 24.6 Å². The second-order valence-corrected chi connectivity index (χ2v) is 7.09. The molecule has 0 saturated carbocycles. The van der Waals surface area contributed by atoms with E-state index >= 15 is 0 Å². The molecule has 0 aliphatic rings. The third-order valence-corrected chi connectivity index (χ3v) is 2.79. The molecule has 0 fully saturated rings. The minimum atomic E-state index is -0.0325. The van der Waals surface area contributed by atoms with Gasteiger partial charge >= 0.3 is 6.03 Å². The van der Waals surface area contributed by atoms with Crippen molar-refractivity contribution in [3.63, 3.8) is 0 Å². The second-order valence-electron chi connectivity index (χ2n) is 7.09. The average Bonchev–Trinajstić information content (AvgIpc) is 2.33. The van der Waals surface area contributed by atoms with Gasteiger partial charge in [0.05, 0.1) is 12.2 Å². The summed E-state index contributed by atoms with van der Waals surface area (Å²) in [6.07, 6.45) is 1.71. The largest absolute Gasteiger partial charge is 0.332 e. The molecule has 0 bridgehead atoms. The van der Waals surface area contributed by atoms with Crippen LogP contribution in [0.4, 0.5) is 4.79 Å². The van der Waals surface area contributed by atoms with Gasteiger partial charge in [-0.2, -0.15) is 0 Å². The van der Waals surface area contributed by atoms with Crippen LogP contribution in [0.5, 0.6) is 0 Å². The van der Waals surface area contributed by atoms with Crippen LogP contribution < -0.4 is 5.32 Å². The minimum absolute atomic E-state index is 0.0325. The van der Waals surface area contributed by atoms with E-state index in [2.05, 4.69) is 49.9 Å². The highest BCUT2D eigenvalue weighted by Crippen LogP contribution is 2.16. The summed E-state index contributed by atoms with van der Waals surface area (Å²) in [5, 5.41) is 2.95. The highest BCUT2D eigenvalue weighted by molar-refractivity contribution is 5.74. The van der Waals surface area contributed by atoms with Crippen LogP contribution in [0.15, 0.2) is 12.3 Å². The number of urea groups is 1. The molecule has 5 heteroatoms. The van der Waals surface area contributed by atoms with Gasteiger partial charge in [-0.3, -0.25) is 0 Å². The van der Waals surface area contributed by atoms with Crippen LogP contribution in [0.25, 0.3) is 0 Å². The molecule has 5 nitrogen and oxygen atoms in total. The molecule has 0 radical (unpaired) electrons. The van der Waals surface area contributed by atoms with Gasteiger partial charge in [-0.05, 0) is 24.3 Å². The number of nitrogens with one attached hydrogen (secondary N) is 1. The van der Waals surface area contributed by atoms with Gasteiger partial charge in [0.1, 0.15) is 5.82 Å². The molecule has 0 atom stereocenters. The summed E-state index contributed by atoms with van der Waals surface area (Å²) in [5.74, 6) is 1.16. The second kappa shape index (κ2) is 7.38. The van der Waals surface area contributed by atoms with Gasteiger partial charge in [-0.15, -0.1) is 0 Å². The minimum Gasteiger partial charge on any atom is -0.332 e. The summed E-state index contributed by atoms with van der Waals surface area (Å²) in [7, 11) is 0. The Labute approximate surface area is 128 Å². The van der Waals surface area contributed by atoms with E-state index in [0.29, 0.717) is 12.5 Å². The Morgan fingerprint density at radius 3 is 2.57 bits per heavy atom. The summed E-state index contributed by atoms with van der Waals surface area (Å²) < 4.78 is 0. The van der Waals surface area contributed by atoms with Crippen molar-refractivity contribution in [3.8, 4) is 0 Å². The smallest absolute Gasteiger partial charge is 0.317 e. The summed E-state index contributed by atoms with van der Waals surface area (Å²) in [5.41, 5.74) is 0.911. The maximum atomic E-state index is 12.4. The summed E-state index contributed by atoms with van der Waals surface area (Å²) in [6.45, 7) is 14.4. The molecule has 0 aromatic carbocycles. The van der Waals surface area contributed by atoms with Gasteiger partial charge in [-0.1, -0.05) is 34.6 Å². The van der Waals surface area contributed by atoms with E-state index in [1.807, 2.05) is 17.9 Å². The Balaban J connectivity index is 2.63. The van der Waals surface area contributed by atoms with Crippen molar-refractivity contribution < 1.29 is 4.79 Å². The highest BCUT2D eigenvalue weighted by atomic mass is 16.2. The van der Waals surface area contributed by atoms with Gasteiger partial charge in [0, 0.05) is 19.3 Å². The number of hydrogen-bond acceptors (Lipinski definition) is 3. The normalized spacial score (nSPS) is 11.6. The number of nitrogens with zero attached hydrogens (tertiary/aromatic N) is 3. The van der Waals surface area contributed by atoms with Crippen LogP contribution in [0.3, 0.4) is 0 Å². The van der Waals surface area contributed by atoms with Crippen LogP contribution in [-0.4, -0.2) is 34.0 Å². The van der Waals surface area contributed by atoms with Crippen molar-refractivity contribution in [1.82, 2.24) is 20.2 Å². The molecule has 1 rings (SSSR count). The molecule has 0 aliphatic heterocycles. The fraction of sp³-hybridized carbons (Fsp3) is 0.688. The highest BCUT2D eigenvalue weighted by Gasteiger charge is 2.21. The SMILES string of the molecule is Cc1nccc(CNC(=O)N(CC(C)C)CC(C)(C)C)n1. The number of hydrogen-bond donors (Lipinski definition) is 1. The first kappa shape index (κ1) is 17.4. The third kappa shape index (κ3) is 7.06. The van der Waals surface area contributed by atoms with Gasteiger partial charge in [0.15, 0.2) is 0 Å². The lowest BCUT2D eigenvalue weighted by atomic mass is 9.96. The van der Waals surface area contributed by atoms with Gasteiger partial charge < -0.3 is 10.2 Å². The number of carbonyl (C=O) groups excluding carboxylic acids is 1. The van der Waals surface area contributed by atoms with E-state index in [4.69, 9.17) is 0 Å². The third-order valence-electron chi connectivity index (χ3n) is 2.79. The summed E-state index contributed by atoms with van der Waals surface area (Å²) in [4.78, 5) is 22.6. The standard InChI is InChI=1S/C16H28N4O/c1-12(2)10-20(11-16(4,5)6)15(21)18-9-14-7-8-17-13(3)19-14/h7-8,12H,9-11H2,1-6H3,(H,18,21). The molecule has 118 valence electrons. The topological polar surface area (TPSA) is 58.1 Å². The van der Waals surface area contributed by atoms with Crippen molar-refractivity contribution in [2.24, 2.45) is 11.3 Å². The summed E-state index contributed by atoms with van der Waals surface area (Å²) >= 11 is 0. The maximum Gasteiger partial charge on any atom is 0.317 e. The predicted molar refractivity (Wildman–Crippen MR) is 84.9 cm³/mol. The zero-order chi connectivity index (χ0) is 16.0.